The zero-order valence-electron chi connectivity index (χ0n) is 15.2. The summed E-state index contributed by atoms with van der Waals surface area (Å²) in [5.74, 6) is 0.979. The van der Waals surface area contributed by atoms with E-state index >= 15 is 0 Å². The summed E-state index contributed by atoms with van der Waals surface area (Å²) in [6.07, 6.45) is 7.11. The number of nitrogens with zero attached hydrogens (tertiary/aromatic N) is 3. The topological polar surface area (TPSA) is 60.3 Å². The molecule has 0 unspecified atom stereocenters. The van der Waals surface area contributed by atoms with Crippen molar-refractivity contribution in [2.75, 3.05) is 52.5 Å². The van der Waals surface area contributed by atoms with Crippen LogP contribution in [0.2, 0.25) is 0 Å². The van der Waals surface area contributed by atoms with Crippen LogP contribution in [0.25, 0.3) is 0 Å². The molecule has 0 bridgehead atoms. The summed E-state index contributed by atoms with van der Waals surface area (Å²) in [4.78, 5) is 9.89. The van der Waals surface area contributed by atoms with Crippen LogP contribution in [0.15, 0.2) is 4.99 Å². The van der Waals surface area contributed by atoms with Crippen LogP contribution in [0.4, 0.5) is 0 Å². The van der Waals surface area contributed by atoms with Crippen LogP contribution in [-0.4, -0.2) is 85.0 Å². The average Bonchev–Trinajstić information content (AvgIpc) is 3.06. The summed E-state index contributed by atoms with van der Waals surface area (Å²) in [5, 5.41) is 13.3. The molecule has 0 aromatic rings. The van der Waals surface area contributed by atoms with Crippen molar-refractivity contribution in [3.05, 3.63) is 0 Å². The third-order valence-corrected chi connectivity index (χ3v) is 5.79. The van der Waals surface area contributed by atoms with Crippen LogP contribution in [0.1, 0.15) is 45.4 Å². The predicted molar refractivity (Wildman–Crippen MR) is 96.4 cm³/mol. The maximum Gasteiger partial charge on any atom is 0.194 e. The van der Waals surface area contributed by atoms with Gasteiger partial charge in [0, 0.05) is 38.3 Å². The molecule has 1 atom stereocenters. The van der Waals surface area contributed by atoms with E-state index in [9.17, 15) is 5.11 Å². The number of aliphatic imine (C=N–C) groups is 1. The quantitative estimate of drug-likeness (QED) is 0.593. The molecule has 138 valence electrons. The summed E-state index contributed by atoms with van der Waals surface area (Å²) >= 11 is 0. The lowest BCUT2D eigenvalue weighted by Crippen LogP contribution is -2.56. The molecule has 1 aliphatic carbocycles. The number of nitrogens with one attached hydrogen (secondary N) is 1. The Kier molecular flexibility index (Phi) is 6.36. The maximum absolute atomic E-state index is 9.84. The van der Waals surface area contributed by atoms with Crippen molar-refractivity contribution in [2.45, 2.75) is 57.1 Å². The van der Waals surface area contributed by atoms with Crippen molar-refractivity contribution in [3.8, 4) is 0 Å². The van der Waals surface area contributed by atoms with Gasteiger partial charge in [-0.25, -0.2) is 0 Å². The summed E-state index contributed by atoms with van der Waals surface area (Å²) < 4.78 is 5.57. The van der Waals surface area contributed by atoms with Crippen molar-refractivity contribution in [1.82, 2.24) is 15.1 Å². The molecule has 2 heterocycles. The van der Waals surface area contributed by atoms with Crippen LogP contribution in [0, 0.1) is 0 Å². The molecule has 0 spiro atoms. The Balaban J connectivity index is 1.72. The van der Waals surface area contributed by atoms with E-state index in [1.54, 1.807) is 0 Å². The average molecular weight is 338 g/mol. The predicted octanol–water partition coefficient (Wildman–Crippen LogP) is 1.05. The van der Waals surface area contributed by atoms with Gasteiger partial charge >= 0.3 is 0 Å². The lowest BCUT2D eigenvalue weighted by Gasteiger charge is -2.47. The molecule has 2 aliphatic heterocycles. The van der Waals surface area contributed by atoms with E-state index in [2.05, 4.69) is 22.0 Å². The Hall–Kier alpha value is -0.850. The molecule has 3 fully saturated rings. The van der Waals surface area contributed by atoms with Gasteiger partial charge < -0.3 is 20.1 Å². The van der Waals surface area contributed by atoms with E-state index < -0.39 is 0 Å². The van der Waals surface area contributed by atoms with Crippen molar-refractivity contribution in [2.24, 2.45) is 4.99 Å². The molecular weight excluding hydrogens is 304 g/mol. The number of β-amino-alcohol motifs (C(OH)–C–C–N with tert-alkyl or cyclic N) is 1. The van der Waals surface area contributed by atoms with Crippen molar-refractivity contribution >= 4 is 5.96 Å². The van der Waals surface area contributed by atoms with Crippen LogP contribution in [0.5, 0.6) is 0 Å². The van der Waals surface area contributed by atoms with E-state index in [4.69, 9.17) is 9.73 Å². The molecule has 24 heavy (non-hydrogen) atoms. The van der Waals surface area contributed by atoms with E-state index in [-0.39, 0.29) is 11.6 Å². The first kappa shape index (κ1) is 18.0. The molecule has 0 amide bonds. The fraction of sp³-hybridized carbons (Fsp3) is 0.944. The summed E-state index contributed by atoms with van der Waals surface area (Å²) in [7, 11) is 0. The first-order valence-electron chi connectivity index (χ1n) is 9.78. The van der Waals surface area contributed by atoms with Gasteiger partial charge in [0.25, 0.3) is 0 Å². The zero-order valence-corrected chi connectivity index (χ0v) is 15.2. The number of rotatable bonds is 4. The molecule has 3 rings (SSSR count). The van der Waals surface area contributed by atoms with Crippen molar-refractivity contribution in [1.29, 1.82) is 0 Å². The van der Waals surface area contributed by atoms with Gasteiger partial charge in [-0.05, 0) is 26.2 Å². The highest BCUT2D eigenvalue weighted by Crippen LogP contribution is 2.34. The van der Waals surface area contributed by atoms with Gasteiger partial charge in [-0.1, -0.05) is 19.3 Å². The second-order valence-corrected chi connectivity index (χ2v) is 7.44. The second-order valence-electron chi connectivity index (χ2n) is 7.44. The molecule has 0 aromatic heterocycles. The Bertz CT molecular complexity index is 417. The number of ether oxygens (including phenoxy) is 1. The minimum Gasteiger partial charge on any atom is -0.391 e. The molecular formula is C18H34N4O2. The maximum atomic E-state index is 9.84. The summed E-state index contributed by atoms with van der Waals surface area (Å²) in [5.41, 5.74) is 0.209. The van der Waals surface area contributed by atoms with E-state index in [0.29, 0.717) is 6.54 Å². The van der Waals surface area contributed by atoms with Crippen molar-refractivity contribution in [3.63, 3.8) is 0 Å². The SMILES string of the molecule is CCNC(=NCC1(N2CCOCC2)CCCCC1)N1CC[C@@H](O)C1. The third-order valence-electron chi connectivity index (χ3n) is 5.79. The molecule has 0 aromatic carbocycles. The molecule has 3 aliphatic rings. The standard InChI is InChI=1S/C18H34N4O2/c1-2-19-17(21-9-6-16(23)14-21)20-15-18(7-4-3-5-8-18)22-10-12-24-13-11-22/h16,23H,2-15H2,1H3,(H,19,20)/t16-/m1/s1. The second kappa shape index (κ2) is 8.50. The number of likely N-dealkylation sites (tertiary alicyclic amines) is 1. The van der Waals surface area contributed by atoms with Crippen LogP contribution < -0.4 is 5.32 Å². The Morgan fingerprint density at radius 2 is 1.96 bits per heavy atom. The summed E-state index contributed by atoms with van der Waals surface area (Å²) in [6, 6.07) is 0. The number of guanidine groups is 1. The molecule has 2 N–H and O–H groups in total. The Morgan fingerprint density at radius 1 is 1.21 bits per heavy atom. The highest BCUT2D eigenvalue weighted by atomic mass is 16.5. The van der Waals surface area contributed by atoms with Gasteiger partial charge in [0.05, 0.1) is 25.9 Å². The monoisotopic (exact) mass is 338 g/mol. The first-order valence-corrected chi connectivity index (χ1v) is 9.78. The van der Waals surface area contributed by atoms with Crippen LogP contribution in [-0.2, 0) is 4.74 Å². The molecule has 1 saturated carbocycles. The minimum absolute atomic E-state index is 0.209. The van der Waals surface area contributed by atoms with Gasteiger partial charge in [-0.3, -0.25) is 9.89 Å². The fourth-order valence-corrected chi connectivity index (χ4v) is 4.40. The first-order chi connectivity index (χ1) is 11.7. The third kappa shape index (κ3) is 4.21. The minimum atomic E-state index is -0.211. The van der Waals surface area contributed by atoms with Gasteiger partial charge in [-0.2, -0.15) is 0 Å². The lowest BCUT2D eigenvalue weighted by atomic mass is 9.80. The van der Waals surface area contributed by atoms with E-state index in [0.717, 1.165) is 58.3 Å². The van der Waals surface area contributed by atoms with Crippen LogP contribution >= 0.6 is 0 Å². The molecule has 6 heteroatoms. The number of hydrogen-bond acceptors (Lipinski definition) is 4. The van der Waals surface area contributed by atoms with Gasteiger partial charge in [0.1, 0.15) is 0 Å². The highest BCUT2D eigenvalue weighted by molar-refractivity contribution is 5.80. The number of aliphatic hydroxyl groups is 1. The fourth-order valence-electron chi connectivity index (χ4n) is 4.40. The number of hydrogen-bond donors (Lipinski definition) is 2. The highest BCUT2D eigenvalue weighted by Gasteiger charge is 2.38. The molecule has 0 radical (unpaired) electrons. The largest absolute Gasteiger partial charge is 0.391 e. The van der Waals surface area contributed by atoms with Crippen LogP contribution in [0.3, 0.4) is 0 Å². The summed E-state index contributed by atoms with van der Waals surface area (Å²) in [6.45, 7) is 9.23. The van der Waals surface area contributed by atoms with Crippen molar-refractivity contribution < 1.29 is 9.84 Å². The lowest BCUT2D eigenvalue weighted by molar-refractivity contribution is -0.0334. The Labute approximate surface area is 146 Å². The van der Waals surface area contributed by atoms with Gasteiger partial charge in [0.15, 0.2) is 5.96 Å². The number of morpholine rings is 1. The molecule has 6 nitrogen and oxygen atoms in total. The normalized spacial score (nSPS) is 29.0. The zero-order chi connectivity index (χ0) is 16.8. The van der Waals surface area contributed by atoms with Gasteiger partial charge in [0.2, 0.25) is 0 Å². The van der Waals surface area contributed by atoms with Gasteiger partial charge in [-0.15, -0.1) is 0 Å². The van der Waals surface area contributed by atoms with E-state index in [1.807, 2.05) is 0 Å². The Morgan fingerprint density at radius 3 is 2.58 bits per heavy atom. The van der Waals surface area contributed by atoms with E-state index in [1.165, 1.54) is 32.1 Å². The number of aliphatic hydroxyl groups excluding tert-OH is 1. The molecule has 2 saturated heterocycles. The smallest absolute Gasteiger partial charge is 0.194 e.